The second-order valence-corrected chi connectivity index (χ2v) is 5.00. The van der Waals surface area contributed by atoms with Gasteiger partial charge in [0.2, 0.25) is 0 Å². The quantitative estimate of drug-likeness (QED) is 0.705. The topological polar surface area (TPSA) is 68.3 Å². The lowest BCUT2D eigenvalue weighted by molar-refractivity contribution is -0.144. The molecule has 7 nitrogen and oxygen atoms in total. The standard InChI is InChI=1S/C11H20N2O5/c1-11(2,3)18-10(15)17-8-6-7-13(16-5)9(14)12(8)4/h8H,6-7H2,1-5H3. The van der Waals surface area contributed by atoms with E-state index in [-0.39, 0.29) is 6.03 Å². The number of urea groups is 1. The van der Waals surface area contributed by atoms with Crippen LogP contribution in [-0.2, 0) is 14.3 Å². The van der Waals surface area contributed by atoms with Crippen molar-refractivity contribution in [3.8, 4) is 0 Å². The summed E-state index contributed by atoms with van der Waals surface area (Å²) in [7, 11) is 2.96. The van der Waals surface area contributed by atoms with Crippen molar-refractivity contribution in [1.82, 2.24) is 9.96 Å². The van der Waals surface area contributed by atoms with Gasteiger partial charge in [0.05, 0.1) is 13.7 Å². The smallest absolute Gasteiger partial charge is 0.429 e. The van der Waals surface area contributed by atoms with Gasteiger partial charge in [-0.2, -0.15) is 0 Å². The number of ether oxygens (including phenoxy) is 2. The van der Waals surface area contributed by atoms with Gasteiger partial charge in [0.15, 0.2) is 6.23 Å². The zero-order chi connectivity index (χ0) is 13.9. The second kappa shape index (κ2) is 5.43. The van der Waals surface area contributed by atoms with Gasteiger partial charge in [0, 0.05) is 13.5 Å². The summed E-state index contributed by atoms with van der Waals surface area (Å²) >= 11 is 0. The largest absolute Gasteiger partial charge is 0.510 e. The molecular weight excluding hydrogens is 240 g/mol. The normalized spacial score (nSPS) is 20.9. The first-order chi connectivity index (χ1) is 8.24. The number of hydrogen-bond acceptors (Lipinski definition) is 5. The highest BCUT2D eigenvalue weighted by atomic mass is 16.7. The monoisotopic (exact) mass is 260 g/mol. The molecule has 1 aliphatic rings. The highest BCUT2D eigenvalue weighted by Gasteiger charge is 2.34. The average Bonchev–Trinajstić information content (AvgIpc) is 2.22. The van der Waals surface area contributed by atoms with Crippen molar-refractivity contribution in [2.75, 3.05) is 20.7 Å². The summed E-state index contributed by atoms with van der Waals surface area (Å²) in [4.78, 5) is 29.4. The van der Waals surface area contributed by atoms with Crippen LogP contribution in [0.5, 0.6) is 0 Å². The molecule has 1 rings (SSSR count). The van der Waals surface area contributed by atoms with Crippen LogP contribution >= 0.6 is 0 Å². The predicted octanol–water partition coefficient (Wildman–Crippen LogP) is 1.58. The van der Waals surface area contributed by atoms with Gasteiger partial charge in [0.1, 0.15) is 5.60 Å². The fourth-order valence-corrected chi connectivity index (χ4v) is 1.51. The molecule has 0 spiro atoms. The van der Waals surface area contributed by atoms with E-state index in [4.69, 9.17) is 14.3 Å². The van der Waals surface area contributed by atoms with E-state index in [1.165, 1.54) is 17.1 Å². The summed E-state index contributed by atoms with van der Waals surface area (Å²) in [6.45, 7) is 5.61. The summed E-state index contributed by atoms with van der Waals surface area (Å²) in [5.41, 5.74) is -0.618. The van der Waals surface area contributed by atoms with Crippen molar-refractivity contribution in [2.24, 2.45) is 0 Å². The van der Waals surface area contributed by atoms with Crippen LogP contribution in [0.4, 0.5) is 9.59 Å². The van der Waals surface area contributed by atoms with Crippen molar-refractivity contribution >= 4 is 12.2 Å². The maximum Gasteiger partial charge on any atom is 0.510 e. The van der Waals surface area contributed by atoms with Crippen LogP contribution in [0.15, 0.2) is 0 Å². The zero-order valence-electron chi connectivity index (χ0n) is 11.4. The van der Waals surface area contributed by atoms with Crippen molar-refractivity contribution in [3.63, 3.8) is 0 Å². The minimum atomic E-state index is -0.780. The van der Waals surface area contributed by atoms with Gasteiger partial charge in [0.25, 0.3) is 0 Å². The lowest BCUT2D eigenvalue weighted by Crippen LogP contribution is -2.53. The van der Waals surface area contributed by atoms with Gasteiger partial charge in [-0.15, -0.1) is 0 Å². The van der Waals surface area contributed by atoms with Crippen molar-refractivity contribution < 1.29 is 23.9 Å². The number of rotatable bonds is 2. The lowest BCUT2D eigenvalue weighted by atomic mass is 10.2. The van der Waals surface area contributed by atoms with E-state index in [9.17, 15) is 9.59 Å². The minimum Gasteiger partial charge on any atom is -0.429 e. The van der Waals surface area contributed by atoms with Crippen LogP contribution in [0.1, 0.15) is 27.2 Å². The fraction of sp³-hybridized carbons (Fsp3) is 0.818. The van der Waals surface area contributed by atoms with E-state index in [0.717, 1.165) is 0 Å². The van der Waals surface area contributed by atoms with Gasteiger partial charge < -0.3 is 9.47 Å². The van der Waals surface area contributed by atoms with E-state index < -0.39 is 18.0 Å². The van der Waals surface area contributed by atoms with Crippen LogP contribution in [0.2, 0.25) is 0 Å². The Morgan fingerprint density at radius 1 is 1.39 bits per heavy atom. The molecular formula is C11H20N2O5. The molecule has 18 heavy (non-hydrogen) atoms. The molecule has 0 saturated carbocycles. The Kier molecular flexibility index (Phi) is 4.39. The summed E-state index contributed by atoms with van der Waals surface area (Å²) in [5.74, 6) is 0. The molecule has 104 valence electrons. The number of carbonyl (C=O) groups excluding carboxylic acids is 2. The molecule has 0 aromatic carbocycles. The summed E-state index contributed by atoms with van der Waals surface area (Å²) < 4.78 is 10.1. The summed E-state index contributed by atoms with van der Waals surface area (Å²) in [6, 6.07) is -0.350. The molecule has 1 unspecified atom stereocenters. The first-order valence-electron chi connectivity index (χ1n) is 5.72. The molecule has 0 N–H and O–H groups in total. The molecule has 0 bridgehead atoms. The molecule has 1 saturated heterocycles. The Labute approximate surface area is 107 Å². The van der Waals surface area contributed by atoms with Crippen molar-refractivity contribution in [1.29, 1.82) is 0 Å². The molecule has 0 aromatic rings. The first kappa shape index (κ1) is 14.6. The number of carbonyl (C=O) groups is 2. The second-order valence-electron chi connectivity index (χ2n) is 5.00. The highest BCUT2D eigenvalue weighted by molar-refractivity contribution is 5.74. The van der Waals surface area contributed by atoms with Crippen LogP contribution in [0.3, 0.4) is 0 Å². The van der Waals surface area contributed by atoms with E-state index >= 15 is 0 Å². The first-order valence-corrected chi connectivity index (χ1v) is 5.72. The third-order valence-corrected chi connectivity index (χ3v) is 2.37. The van der Waals surface area contributed by atoms with Crippen LogP contribution in [-0.4, -0.2) is 54.7 Å². The molecule has 1 aliphatic heterocycles. The predicted molar refractivity (Wildman–Crippen MR) is 62.6 cm³/mol. The van der Waals surface area contributed by atoms with Gasteiger partial charge >= 0.3 is 12.2 Å². The van der Waals surface area contributed by atoms with E-state index in [1.807, 2.05) is 0 Å². The third kappa shape index (κ3) is 3.76. The highest BCUT2D eigenvalue weighted by Crippen LogP contribution is 2.17. The van der Waals surface area contributed by atoms with Crippen LogP contribution in [0.25, 0.3) is 0 Å². The van der Waals surface area contributed by atoms with E-state index in [1.54, 1.807) is 27.8 Å². The number of hydrogen-bond donors (Lipinski definition) is 0. The minimum absolute atomic E-state index is 0.350. The van der Waals surface area contributed by atoms with Gasteiger partial charge in [-0.25, -0.2) is 14.7 Å². The molecule has 7 heteroatoms. The average molecular weight is 260 g/mol. The summed E-state index contributed by atoms with van der Waals surface area (Å²) in [6.07, 6.45) is -0.938. The number of amides is 2. The molecule has 0 aromatic heterocycles. The molecule has 1 fully saturated rings. The lowest BCUT2D eigenvalue weighted by Gasteiger charge is -2.37. The molecule has 1 atom stereocenters. The van der Waals surface area contributed by atoms with Gasteiger partial charge in [-0.05, 0) is 20.8 Å². The SMILES string of the molecule is CON1CCC(OC(=O)OC(C)(C)C)N(C)C1=O. The van der Waals surface area contributed by atoms with E-state index in [2.05, 4.69) is 0 Å². The fourth-order valence-electron chi connectivity index (χ4n) is 1.51. The summed E-state index contributed by atoms with van der Waals surface area (Å²) in [5, 5.41) is 1.20. The Morgan fingerprint density at radius 2 is 2.00 bits per heavy atom. The molecule has 1 heterocycles. The van der Waals surface area contributed by atoms with Gasteiger partial charge in [-0.1, -0.05) is 0 Å². The Morgan fingerprint density at radius 3 is 2.50 bits per heavy atom. The van der Waals surface area contributed by atoms with Crippen LogP contribution in [0, 0.1) is 0 Å². The van der Waals surface area contributed by atoms with E-state index in [0.29, 0.717) is 13.0 Å². The Bertz CT molecular complexity index is 326. The van der Waals surface area contributed by atoms with Crippen molar-refractivity contribution in [3.05, 3.63) is 0 Å². The van der Waals surface area contributed by atoms with Gasteiger partial charge in [-0.3, -0.25) is 9.74 Å². The number of hydroxylamine groups is 2. The number of nitrogens with zero attached hydrogens (tertiary/aromatic N) is 2. The molecule has 0 aliphatic carbocycles. The zero-order valence-corrected chi connectivity index (χ0v) is 11.4. The van der Waals surface area contributed by atoms with Crippen LogP contribution < -0.4 is 0 Å². The van der Waals surface area contributed by atoms with Crippen molar-refractivity contribution in [2.45, 2.75) is 39.0 Å². The maximum atomic E-state index is 11.7. The molecule has 2 amide bonds. The third-order valence-electron chi connectivity index (χ3n) is 2.37. The molecule has 0 radical (unpaired) electrons. The Balaban J connectivity index is 2.54. The maximum absolute atomic E-state index is 11.7. The Hall–Kier alpha value is -1.50.